The Hall–Kier alpha value is -3.22. The molecule has 3 amide bonds. The SMILES string of the molecule is O=C(NCCc1ccccc1)NC[C@H]1CC(=O)N(c2ccc3c(c2)OCO3)C1. The number of amides is 3. The van der Waals surface area contributed by atoms with Crippen LogP contribution in [0.15, 0.2) is 48.5 Å². The first-order valence-electron chi connectivity index (χ1n) is 9.44. The Morgan fingerprint density at radius 3 is 2.75 bits per heavy atom. The summed E-state index contributed by atoms with van der Waals surface area (Å²) in [4.78, 5) is 26.1. The summed E-state index contributed by atoms with van der Waals surface area (Å²) in [5.41, 5.74) is 1.98. The van der Waals surface area contributed by atoms with Gasteiger partial charge in [-0.25, -0.2) is 4.79 Å². The second-order valence-electron chi connectivity index (χ2n) is 6.98. The summed E-state index contributed by atoms with van der Waals surface area (Å²) in [5, 5.41) is 5.73. The van der Waals surface area contributed by atoms with Gasteiger partial charge in [-0.05, 0) is 24.1 Å². The molecule has 0 unspecified atom stereocenters. The number of anilines is 1. The predicted molar refractivity (Wildman–Crippen MR) is 105 cm³/mol. The number of carbonyl (C=O) groups is 2. The molecule has 0 spiro atoms. The quantitative estimate of drug-likeness (QED) is 0.805. The van der Waals surface area contributed by atoms with Gasteiger partial charge in [0.05, 0.1) is 0 Å². The molecule has 1 atom stereocenters. The van der Waals surface area contributed by atoms with Crippen molar-refractivity contribution >= 4 is 17.6 Å². The largest absolute Gasteiger partial charge is 0.454 e. The van der Waals surface area contributed by atoms with E-state index in [1.54, 1.807) is 4.90 Å². The van der Waals surface area contributed by atoms with Crippen LogP contribution in [0, 0.1) is 5.92 Å². The summed E-state index contributed by atoms with van der Waals surface area (Å²) >= 11 is 0. The molecule has 1 fully saturated rings. The molecule has 2 N–H and O–H groups in total. The van der Waals surface area contributed by atoms with E-state index in [9.17, 15) is 9.59 Å². The molecule has 2 aromatic rings. The predicted octanol–water partition coefficient (Wildman–Crippen LogP) is 2.31. The number of hydrogen-bond acceptors (Lipinski definition) is 4. The second kappa shape index (κ2) is 8.21. The molecule has 7 nitrogen and oxygen atoms in total. The van der Waals surface area contributed by atoms with Crippen LogP contribution in [0.5, 0.6) is 11.5 Å². The summed E-state index contributed by atoms with van der Waals surface area (Å²) < 4.78 is 10.7. The van der Waals surface area contributed by atoms with Crippen molar-refractivity contribution in [2.45, 2.75) is 12.8 Å². The molecule has 0 radical (unpaired) electrons. The van der Waals surface area contributed by atoms with Crippen molar-refractivity contribution in [2.75, 3.05) is 31.3 Å². The minimum Gasteiger partial charge on any atom is -0.454 e. The smallest absolute Gasteiger partial charge is 0.314 e. The van der Waals surface area contributed by atoms with E-state index in [2.05, 4.69) is 10.6 Å². The highest BCUT2D eigenvalue weighted by molar-refractivity contribution is 5.96. The molecule has 2 aliphatic heterocycles. The van der Waals surface area contributed by atoms with Crippen molar-refractivity contribution in [1.82, 2.24) is 10.6 Å². The summed E-state index contributed by atoms with van der Waals surface area (Å²) in [5.74, 6) is 1.48. The van der Waals surface area contributed by atoms with Crippen LogP contribution in [0.2, 0.25) is 0 Å². The maximum atomic E-state index is 12.4. The van der Waals surface area contributed by atoms with Gasteiger partial charge in [-0.2, -0.15) is 0 Å². The van der Waals surface area contributed by atoms with E-state index in [1.165, 1.54) is 5.56 Å². The van der Waals surface area contributed by atoms with E-state index >= 15 is 0 Å². The Labute approximate surface area is 163 Å². The Kier molecular flexibility index (Phi) is 5.32. The van der Waals surface area contributed by atoms with Crippen molar-refractivity contribution < 1.29 is 19.1 Å². The number of nitrogens with zero attached hydrogens (tertiary/aromatic N) is 1. The fourth-order valence-corrected chi connectivity index (χ4v) is 3.49. The third-order valence-corrected chi connectivity index (χ3v) is 4.97. The molecule has 0 saturated carbocycles. The van der Waals surface area contributed by atoms with Crippen LogP contribution in [0.3, 0.4) is 0 Å². The van der Waals surface area contributed by atoms with Crippen LogP contribution in [-0.4, -0.2) is 38.4 Å². The Balaban J connectivity index is 1.23. The zero-order valence-electron chi connectivity index (χ0n) is 15.5. The third-order valence-electron chi connectivity index (χ3n) is 4.97. The van der Waals surface area contributed by atoms with E-state index in [-0.39, 0.29) is 24.6 Å². The molecule has 0 aliphatic carbocycles. The van der Waals surface area contributed by atoms with Gasteiger partial charge in [0.1, 0.15) is 0 Å². The van der Waals surface area contributed by atoms with Gasteiger partial charge in [0, 0.05) is 43.7 Å². The highest BCUT2D eigenvalue weighted by Crippen LogP contribution is 2.37. The van der Waals surface area contributed by atoms with Gasteiger partial charge in [-0.3, -0.25) is 4.79 Å². The van der Waals surface area contributed by atoms with Crippen molar-refractivity contribution in [3.05, 3.63) is 54.1 Å². The minimum atomic E-state index is -0.204. The Morgan fingerprint density at radius 2 is 1.89 bits per heavy atom. The summed E-state index contributed by atoms with van der Waals surface area (Å²) in [6.45, 7) is 1.81. The number of benzene rings is 2. The average molecular weight is 381 g/mol. The van der Waals surface area contributed by atoms with Gasteiger partial charge in [0.2, 0.25) is 12.7 Å². The highest BCUT2D eigenvalue weighted by Gasteiger charge is 2.31. The van der Waals surface area contributed by atoms with E-state index in [0.717, 1.165) is 12.1 Å². The van der Waals surface area contributed by atoms with Gasteiger partial charge in [0.25, 0.3) is 0 Å². The number of urea groups is 1. The molecule has 2 aliphatic rings. The van der Waals surface area contributed by atoms with Crippen LogP contribution in [0.4, 0.5) is 10.5 Å². The number of rotatable bonds is 6. The topological polar surface area (TPSA) is 79.9 Å². The zero-order chi connectivity index (χ0) is 19.3. The fraction of sp³-hybridized carbons (Fsp3) is 0.333. The molecular formula is C21H23N3O4. The lowest BCUT2D eigenvalue weighted by Gasteiger charge is -2.17. The number of nitrogens with one attached hydrogen (secondary N) is 2. The third kappa shape index (κ3) is 4.19. The lowest BCUT2D eigenvalue weighted by molar-refractivity contribution is -0.117. The van der Waals surface area contributed by atoms with Gasteiger partial charge < -0.3 is 25.0 Å². The molecule has 146 valence electrons. The second-order valence-corrected chi connectivity index (χ2v) is 6.98. The maximum absolute atomic E-state index is 12.4. The van der Waals surface area contributed by atoms with Crippen molar-refractivity contribution in [3.63, 3.8) is 0 Å². The fourth-order valence-electron chi connectivity index (χ4n) is 3.49. The van der Waals surface area contributed by atoms with Crippen molar-refractivity contribution in [1.29, 1.82) is 0 Å². The summed E-state index contributed by atoms with van der Waals surface area (Å²) in [7, 11) is 0. The van der Waals surface area contributed by atoms with Crippen molar-refractivity contribution in [3.8, 4) is 11.5 Å². The molecule has 0 aromatic heterocycles. The first-order valence-corrected chi connectivity index (χ1v) is 9.44. The van der Waals surface area contributed by atoms with Gasteiger partial charge in [0.15, 0.2) is 11.5 Å². The standard InChI is InChI=1S/C21H23N3O4/c25-20-10-16(12-23-21(26)22-9-8-15-4-2-1-3-5-15)13-24(20)17-6-7-18-19(11-17)28-14-27-18/h1-7,11,16H,8-10,12-14H2,(H2,22,23,26)/t16-/m1/s1. The zero-order valence-corrected chi connectivity index (χ0v) is 15.5. The van der Waals surface area contributed by atoms with Crippen LogP contribution >= 0.6 is 0 Å². The molecular weight excluding hydrogens is 358 g/mol. The molecule has 2 aromatic carbocycles. The first kappa shape index (κ1) is 18.2. The van der Waals surface area contributed by atoms with E-state index in [4.69, 9.17) is 9.47 Å². The van der Waals surface area contributed by atoms with E-state index < -0.39 is 0 Å². The molecule has 4 rings (SSSR count). The molecule has 28 heavy (non-hydrogen) atoms. The monoisotopic (exact) mass is 381 g/mol. The van der Waals surface area contributed by atoms with Crippen LogP contribution in [0.1, 0.15) is 12.0 Å². The van der Waals surface area contributed by atoms with E-state index in [0.29, 0.717) is 37.6 Å². The summed E-state index contributed by atoms with van der Waals surface area (Å²) in [6.07, 6.45) is 1.20. The lowest BCUT2D eigenvalue weighted by atomic mass is 10.1. The number of hydrogen-bond donors (Lipinski definition) is 2. The highest BCUT2D eigenvalue weighted by atomic mass is 16.7. The number of ether oxygens (including phenoxy) is 2. The normalized spacial score (nSPS) is 17.6. The number of carbonyl (C=O) groups excluding carboxylic acids is 2. The Bertz CT molecular complexity index is 856. The van der Waals surface area contributed by atoms with Gasteiger partial charge in [-0.15, -0.1) is 0 Å². The summed E-state index contributed by atoms with van der Waals surface area (Å²) in [6, 6.07) is 15.3. The minimum absolute atomic E-state index is 0.0511. The van der Waals surface area contributed by atoms with Crippen LogP contribution in [0.25, 0.3) is 0 Å². The molecule has 7 heteroatoms. The lowest BCUT2D eigenvalue weighted by Crippen LogP contribution is -2.39. The number of fused-ring (bicyclic) bond motifs is 1. The maximum Gasteiger partial charge on any atom is 0.314 e. The van der Waals surface area contributed by atoms with Crippen LogP contribution in [-0.2, 0) is 11.2 Å². The van der Waals surface area contributed by atoms with Crippen molar-refractivity contribution in [2.24, 2.45) is 5.92 Å². The van der Waals surface area contributed by atoms with E-state index in [1.807, 2.05) is 48.5 Å². The molecule has 2 heterocycles. The van der Waals surface area contributed by atoms with Gasteiger partial charge in [-0.1, -0.05) is 30.3 Å². The molecule has 0 bridgehead atoms. The molecule has 1 saturated heterocycles. The first-order chi connectivity index (χ1) is 13.7. The van der Waals surface area contributed by atoms with Crippen LogP contribution < -0.4 is 25.0 Å². The average Bonchev–Trinajstić information content (AvgIpc) is 3.32. The van der Waals surface area contributed by atoms with Gasteiger partial charge >= 0.3 is 6.03 Å². The Morgan fingerprint density at radius 1 is 1.07 bits per heavy atom.